The molecule has 0 unspecified atom stereocenters. The molecular weight excluding hydrogens is 534 g/mol. The molecule has 2 aromatic carbocycles. The van der Waals surface area contributed by atoms with E-state index in [1.54, 1.807) is 22.8 Å². The summed E-state index contributed by atoms with van der Waals surface area (Å²) in [5.41, 5.74) is 2.82. The predicted octanol–water partition coefficient (Wildman–Crippen LogP) is 6.63. The van der Waals surface area contributed by atoms with E-state index < -0.39 is 11.7 Å². The minimum atomic E-state index is -4.40. The standard InChI is InChI=1S/C31H29F4N5O/c32-25-11-5-4-7-21(25)18-36-30-38-27-15-16-39(19-24(27)29(41)40(30)23-9-2-1-3-10-23)28-12-6-8-20-17-22(31(33,34)35)13-14-26(20)37-28/h1-2,4-5,7,9,11,13-14,17H,3,6,8,10,12,15-16,18-19H2,(H,36,38). The van der Waals surface area contributed by atoms with Crippen molar-refractivity contribution >= 4 is 23.2 Å². The van der Waals surface area contributed by atoms with E-state index in [9.17, 15) is 22.4 Å². The summed E-state index contributed by atoms with van der Waals surface area (Å²) in [5.74, 6) is 0.817. The third-order valence-corrected chi connectivity index (χ3v) is 7.77. The maximum absolute atomic E-state index is 14.3. The monoisotopic (exact) mass is 563 g/mol. The molecule has 212 valence electrons. The number of alkyl halides is 3. The minimum Gasteiger partial charge on any atom is -0.355 e. The van der Waals surface area contributed by atoms with E-state index >= 15 is 0 Å². The van der Waals surface area contributed by atoms with Gasteiger partial charge in [0.1, 0.15) is 11.7 Å². The second-order valence-corrected chi connectivity index (χ2v) is 10.5. The number of halogens is 4. The Balaban J connectivity index is 1.33. The molecule has 0 bridgehead atoms. The molecule has 0 radical (unpaired) electrons. The van der Waals surface area contributed by atoms with Crippen molar-refractivity contribution in [2.75, 3.05) is 11.9 Å². The van der Waals surface area contributed by atoms with E-state index in [1.807, 2.05) is 23.1 Å². The van der Waals surface area contributed by atoms with Crippen LogP contribution < -0.4 is 10.9 Å². The molecule has 3 aliphatic rings. The largest absolute Gasteiger partial charge is 0.416 e. The van der Waals surface area contributed by atoms with Crippen LogP contribution in [0.2, 0.25) is 0 Å². The number of hydrogen-bond acceptors (Lipinski definition) is 5. The fourth-order valence-corrected chi connectivity index (χ4v) is 5.61. The highest BCUT2D eigenvalue weighted by Gasteiger charge is 2.32. The highest BCUT2D eigenvalue weighted by molar-refractivity contribution is 5.86. The molecule has 6 nitrogen and oxygen atoms in total. The molecule has 6 rings (SSSR count). The van der Waals surface area contributed by atoms with Crippen LogP contribution in [0.5, 0.6) is 0 Å². The molecule has 1 aliphatic carbocycles. The molecule has 10 heteroatoms. The first-order chi connectivity index (χ1) is 19.8. The Morgan fingerprint density at radius 2 is 1.88 bits per heavy atom. The zero-order chi connectivity index (χ0) is 28.6. The van der Waals surface area contributed by atoms with Crippen LogP contribution in [0, 0.1) is 5.82 Å². The van der Waals surface area contributed by atoms with Gasteiger partial charge in [-0.05, 0) is 61.6 Å². The number of aromatic nitrogens is 2. The molecule has 0 saturated heterocycles. The minimum absolute atomic E-state index is 0.179. The number of anilines is 1. The van der Waals surface area contributed by atoms with Crippen molar-refractivity contribution in [2.45, 2.75) is 57.8 Å². The van der Waals surface area contributed by atoms with Gasteiger partial charge in [-0.3, -0.25) is 9.36 Å². The fourth-order valence-electron chi connectivity index (χ4n) is 5.61. The second-order valence-electron chi connectivity index (χ2n) is 10.5. The van der Waals surface area contributed by atoms with Crippen LogP contribution in [-0.2, 0) is 32.1 Å². The van der Waals surface area contributed by atoms with Crippen molar-refractivity contribution in [3.8, 4) is 0 Å². The number of rotatable bonds is 4. The van der Waals surface area contributed by atoms with Gasteiger partial charge in [0.15, 0.2) is 0 Å². The van der Waals surface area contributed by atoms with Gasteiger partial charge < -0.3 is 10.2 Å². The molecule has 1 N–H and O–H groups in total. The molecule has 0 amide bonds. The lowest BCUT2D eigenvalue weighted by Crippen LogP contribution is -2.41. The van der Waals surface area contributed by atoms with Gasteiger partial charge in [-0.1, -0.05) is 30.4 Å². The average molecular weight is 564 g/mol. The summed E-state index contributed by atoms with van der Waals surface area (Å²) in [5, 5.41) is 3.20. The number of hydrogen-bond donors (Lipinski definition) is 1. The maximum Gasteiger partial charge on any atom is 0.416 e. The van der Waals surface area contributed by atoms with Crippen molar-refractivity contribution in [1.82, 2.24) is 14.5 Å². The lowest BCUT2D eigenvalue weighted by atomic mass is 10.0. The van der Waals surface area contributed by atoms with Gasteiger partial charge in [-0.25, -0.2) is 14.4 Å². The summed E-state index contributed by atoms with van der Waals surface area (Å²) in [7, 11) is 0. The van der Waals surface area contributed by atoms with E-state index in [0.29, 0.717) is 79.2 Å². The third kappa shape index (κ3) is 5.55. The highest BCUT2D eigenvalue weighted by atomic mass is 19.4. The number of amidine groups is 1. The number of nitrogens with one attached hydrogen (secondary N) is 1. The second kappa shape index (κ2) is 11.0. The van der Waals surface area contributed by atoms with Crippen molar-refractivity contribution in [3.63, 3.8) is 0 Å². The Kier molecular flexibility index (Phi) is 7.23. The van der Waals surface area contributed by atoms with Crippen LogP contribution in [0.4, 0.5) is 29.2 Å². The van der Waals surface area contributed by atoms with Crippen molar-refractivity contribution in [2.24, 2.45) is 4.99 Å². The normalized spacial score (nSPS) is 16.8. The molecule has 0 fully saturated rings. The van der Waals surface area contributed by atoms with Gasteiger partial charge in [0.2, 0.25) is 5.95 Å². The molecule has 41 heavy (non-hydrogen) atoms. The first kappa shape index (κ1) is 27.0. The topological polar surface area (TPSA) is 62.5 Å². The molecule has 3 aromatic rings. The quantitative estimate of drug-likeness (QED) is 0.362. The van der Waals surface area contributed by atoms with Crippen LogP contribution in [0.25, 0.3) is 5.70 Å². The molecule has 0 saturated carbocycles. The number of aryl methyl sites for hydroxylation is 1. The van der Waals surface area contributed by atoms with Gasteiger partial charge in [0, 0.05) is 37.2 Å². The van der Waals surface area contributed by atoms with Crippen LogP contribution >= 0.6 is 0 Å². The van der Waals surface area contributed by atoms with Crippen molar-refractivity contribution in [3.05, 3.63) is 105 Å². The van der Waals surface area contributed by atoms with Crippen molar-refractivity contribution < 1.29 is 17.6 Å². The molecule has 2 aliphatic heterocycles. The molecule has 3 heterocycles. The fraction of sp³-hybridized carbons (Fsp3) is 0.323. The Morgan fingerprint density at radius 1 is 1.02 bits per heavy atom. The highest BCUT2D eigenvalue weighted by Crippen LogP contribution is 2.35. The Bertz CT molecular complexity index is 1640. The van der Waals surface area contributed by atoms with E-state index in [-0.39, 0.29) is 17.9 Å². The lowest BCUT2D eigenvalue weighted by Gasteiger charge is -2.31. The van der Waals surface area contributed by atoms with Gasteiger partial charge in [-0.15, -0.1) is 0 Å². The number of allylic oxidation sites excluding steroid dienone is 4. The average Bonchev–Trinajstić information content (AvgIpc) is 3.19. The third-order valence-electron chi connectivity index (χ3n) is 7.77. The summed E-state index contributed by atoms with van der Waals surface area (Å²) in [6.45, 7) is 1.07. The van der Waals surface area contributed by atoms with Gasteiger partial charge >= 0.3 is 6.18 Å². The molecule has 1 aromatic heterocycles. The van der Waals surface area contributed by atoms with E-state index in [1.165, 1.54) is 18.2 Å². The van der Waals surface area contributed by atoms with Crippen LogP contribution in [0.3, 0.4) is 0 Å². The summed E-state index contributed by atoms with van der Waals surface area (Å²) < 4.78 is 55.6. The summed E-state index contributed by atoms with van der Waals surface area (Å²) >= 11 is 0. The van der Waals surface area contributed by atoms with Gasteiger partial charge in [0.05, 0.1) is 29.1 Å². The van der Waals surface area contributed by atoms with E-state index in [2.05, 4.69) is 5.32 Å². The lowest BCUT2D eigenvalue weighted by molar-refractivity contribution is -0.137. The van der Waals surface area contributed by atoms with Crippen LogP contribution in [0.1, 0.15) is 53.6 Å². The number of fused-ring (bicyclic) bond motifs is 2. The zero-order valence-electron chi connectivity index (χ0n) is 22.3. The van der Waals surface area contributed by atoms with E-state index in [0.717, 1.165) is 24.0 Å². The van der Waals surface area contributed by atoms with Gasteiger partial charge in [0.25, 0.3) is 5.56 Å². The predicted molar refractivity (Wildman–Crippen MR) is 150 cm³/mol. The van der Waals surface area contributed by atoms with Crippen LogP contribution in [0.15, 0.2) is 70.5 Å². The SMILES string of the molecule is O=c1c2c(nc(NCc3ccccc3F)n1C1=CC=CCC1)CCN(C1=Nc3ccc(C(F)(F)F)cc3CCC1)C2. The Morgan fingerprint density at radius 3 is 2.66 bits per heavy atom. The van der Waals surface area contributed by atoms with Gasteiger partial charge in [-0.2, -0.15) is 13.2 Å². The number of aliphatic imine (C=N–C) groups is 1. The van der Waals surface area contributed by atoms with E-state index in [4.69, 9.17) is 9.98 Å². The smallest absolute Gasteiger partial charge is 0.355 e. The molecule has 0 spiro atoms. The van der Waals surface area contributed by atoms with Crippen LogP contribution in [-0.4, -0.2) is 26.8 Å². The summed E-state index contributed by atoms with van der Waals surface area (Å²) in [6, 6.07) is 10.2. The number of benzene rings is 2. The number of nitrogens with zero attached hydrogens (tertiary/aromatic N) is 4. The Labute approximate surface area is 234 Å². The molecule has 0 atom stereocenters. The Hall–Kier alpha value is -4.21. The maximum atomic E-state index is 14.3. The van der Waals surface area contributed by atoms with Crippen molar-refractivity contribution in [1.29, 1.82) is 0 Å². The summed E-state index contributed by atoms with van der Waals surface area (Å²) in [4.78, 5) is 25.7. The zero-order valence-corrected chi connectivity index (χ0v) is 22.3. The first-order valence-corrected chi connectivity index (χ1v) is 13.8. The molecular formula is C31H29F4N5O. The first-order valence-electron chi connectivity index (χ1n) is 13.8. The summed E-state index contributed by atoms with van der Waals surface area (Å²) in [6.07, 6.45) is 5.19.